The highest BCUT2D eigenvalue weighted by Crippen LogP contribution is 2.05. The SMILES string of the molecule is CN(O)SOCCNC(=O)c1ccc(N)cc1. The number of nitrogens with zero attached hydrogens (tertiary/aromatic N) is 1. The molecule has 7 heteroatoms. The summed E-state index contributed by atoms with van der Waals surface area (Å²) in [5.74, 6) is -0.184. The molecule has 0 aliphatic carbocycles. The first-order chi connectivity index (χ1) is 8.09. The molecule has 4 N–H and O–H groups in total. The van der Waals surface area contributed by atoms with Gasteiger partial charge in [0.1, 0.15) is 12.2 Å². The molecule has 1 aromatic rings. The van der Waals surface area contributed by atoms with Gasteiger partial charge in [-0.25, -0.2) is 0 Å². The van der Waals surface area contributed by atoms with Crippen LogP contribution in [0, 0.1) is 0 Å². The number of nitrogen functional groups attached to an aromatic ring is 1. The first-order valence-electron chi connectivity index (χ1n) is 4.95. The van der Waals surface area contributed by atoms with E-state index in [-0.39, 0.29) is 5.91 Å². The molecule has 0 fully saturated rings. The molecule has 0 radical (unpaired) electrons. The fourth-order valence-electron chi connectivity index (χ4n) is 1.06. The molecule has 1 aromatic carbocycles. The standard InChI is InChI=1S/C10H15N3O3S/c1-13(15)17-16-7-6-12-10(14)8-2-4-9(11)5-3-8/h2-5,15H,6-7,11H2,1H3,(H,12,14). The maximum Gasteiger partial charge on any atom is 0.251 e. The molecule has 0 saturated carbocycles. The van der Waals surface area contributed by atoms with Crippen LogP contribution < -0.4 is 11.1 Å². The van der Waals surface area contributed by atoms with E-state index >= 15 is 0 Å². The van der Waals surface area contributed by atoms with E-state index in [1.165, 1.54) is 7.05 Å². The van der Waals surface area contributed by atoms with Gasteiger partial charge in [-0.3, -0.25) is 8.98 Å². The third-order valence-electron chi connectivity index (χ3n) is 1.80. The van der Waals surface area contributed by atoms with Crippen LogP contribution in [0.15, 0.2) is 24.3 Å². The Bertz CT molecular complexity index is 356. The van der Waals surface area contributed by atoms with Crippen LogP contribution in [0.5, 0.6) is 0 Å². The lowest BCUT2D eigenvalue weighted by molar-refractivity contribution is 0.0351. The minimum Gasteiger partial charge on any atom is -0.399 e. The topological polar surface area (TPSA) is 87.8 Å². The molecule has 0 bridgehead atoms. The van der Waals surface area contributed by atoms with Gasteiger partial charge >= 0.3 is 0 Å². The molecule has 0 aliphatic heterocycles. The zero-order valence-corrected chi connectivity index (χ0v) is 10.2. The summed E-state index contributed by atoms with van der Waals surface area (Å²) in [6.07, 6.45) is 0. The van der Waals surface area contributed by atoms with Crippen LogP contribution in [0.4, 0.5) is 5.69 Å². The second-order valence-corrected chi connectivity index (χ2v) is 4.15. The van der Waals surface area contributed by atoms with E-state index in [4.69, 9.17) is 15.1 Å². The quantitative estimate of drug-likeness (QED) is 0.231. The highest BCUT2D eigenvalue weighted by atomic mass is 32.2. The number of benzene rings is 1. The molecule has 0 aliphatic rings. The fraction of sp³-hybridized carbons (Fsp3) is 0.300. The molecule has 0 saturated heterocycles. The van der Waals surface area contributed by atoms with E-state index in [0.717, 1.165) is 16.7 Å². The lowest BCUT2D eigenvalue weighted by Crippen LogP contribution is -2.26. The van der Waals surface area contributed by atoms with Crippen molar-refractivity contribution in [3.63, 3.8) is 0 Å². The summed E-state index contributed by atoms with van der Waals surface area (Å²) in [4.78, 5) is 11.6. The van der Waals surface area contributed by atoms with Gasteiger partial charge in [0.2, 0.25) is 0 Å². The number of anilines is 1. The number of nitrogens with two attached hydrogens (primary N) is 1. The maximum atomic E-state index is 11.6. The molecule has 0 atom stereocenters. The molecule has 6 nitrogen and oxygen atoms in total. The molecule has 0 spiro atoms. The van der Waals surface area contributed by atoms with E-state index in [1.807, 2.05) is 0 Å². The average Bonchev–Trinajstić information content (AvgIpc) is 2.29. The Balaban J connectivity index is 2.23. The molecular formula is C10H15N3O3S. The van der Waals surface area contributed by atoms with Crippen molar-refractivity contribution in [2.75, 3.05) is 25.9 Å². The third-order valence-corrected chi connectivity index (χ3v) is 2.29. The van der Waals surface area contributed by atoms with Crippen LogP contribution in [0.3, 0.4) is 0 Å². The number of carbonyl (C=O) groups excluding carboxylic acids is 1. The Morgan fingerprint density at radius 2 is 2.18 bits per heavy atom. The largest absolute Gasteiger partial charge is 0.399 e. The van der Waals surface area contributed by atoms with Crippen LogP contribution in [0.1, 0.15) is 10.4 Å². The smallest absolute Gasteiger partial charge is 0.251 e. The van der Waals surface area contributed by atoms with Gasteiger partial charge in [-0.1, -0.05) is 0 Å². The summed E-state index contributed by atoms with van der Waals surface area (Å²) in [6, 6.07) is 6.65. The van der Waals surface area contributed by atoms with Gasteiger partial charge in [0.15, 0.2) is 0 Å². The summed E-state index contributed by atoms with van der Waals surface area (Å²) in [5, 5.41) is 11.4. The Morgan fingerprint density at radius 1 is 1.53 bits per heavy atom. The Labute approximate surface area is 104 Å². The van der Waals surface area contributed by atoms with Crippen molar-refractivity contribution in [2.45, 2.75) is 0 Å². The predicted octanol–water partition coefficient (Wildman–Crippen LogP) is 0.899. The normalized spacial score (nSPS) is 10.5. The number of hydroxylamine groups is 1. The van der Waals surface area contributed by atoms with Gasteiger partial charge in [-0.15, -0.1) is 4.47 Å². The van der Waals surface area contributed by atoms with Crippen molar-refractivity contribution in [2.24, 2.45) is 0 Å². The number of amides is 1. The zero-order chi connectivity index (χ0) is 12.7. The summed E-state index contributed by atoms with van der Waals surface area (Å²) >= 11 is 0.802. The molecule has 1 rings (SSSR count). The second-order valence-electron chi connectivity index (χ2n) is 3.24. The first-order valence-corrected chi connectivity index (χ1v) is 5.65. The number of carbonyl (C=O) groups is 1. The summed E-state index contributed by atoms with van der Waals surface area (Å²) < 4.78 is 5.79. The summed E-state index contributed by atoms with van der Waals surface area (Å²) in [6.45, 7) is 0.667. The maximum absolute atomic E-state index is 11.6. The van der Waals surface area contributed by atoms with E-state index < -0.39 is 0 Å². The summed E-state index contributed by atoms with van der Waals surface area (Å²) in [7, 11) is 1.44. The number of nitrogens with one attached hydrogen (secondary N) is 1. The number of hydrogen-bond donors (Lipinski definition) is 3. The van der Waals surface area contributed by atoms with Crippen molar-refractivity contribution < 1.29 is 14.2 Å². The lowest BCUT2D eigenvalue weighted by atomic mass is 10.2. The van der Waals surface area contributed by atoms with E-state index in [9.17, 15) is 4.79 Å². The van der Waals surface area contributed by atoms with Crippen molar-refractivity contribution in [1.29, 1.82) is 0 Å². The summed E-state index contributed by atoms with van der Waals surface area (Å²) in [5.41, 5.74) is 6.68. The molecule has 94 valence electrons. The highest BCUT2D eigenvalue weighted by molar-refractivity contribution is 7.92. The van der Waals surface area contributed by atoms with Crippen LogP contribution >= 0.6 is 12.2 Å². The number of hydrogen-bond acceptors (Lipinski definition) is 6. The molecule has 0 aromatic heterocycles. The molecule has 1 amide bonds. The Morgan fingerprint density at radius 3 is 2.76 bits per heavy atom. The van der Waals surface area contributed by atoms with Crippen molar-refractivity contribution >= 4 is 23.8 Å². The highest BCUT2D eigenvalue weighted by Gasteiger charge is 2.03. The van der Waals surface area contributed by atoms with E-state index in [0.29, 0.717) is 24.4 Å². The predicted molar refractivity (Wildman–Crippen MR) is 66.3 cm³/mol. The number of rotatable bonds is 6. The molecule has 0 heterocycles. The van der Waals surface area contributed by atoms with Gasteiger partial charge in [-0.2, -0.15) is 0 Å². The van der Waals surface area contributed by atoms with Gasteiger partial charge in [0, 0.05) is 24.8 Å². The molecule has 0 unspecified atom stereocenters. The van der Waals surface area contributed by atoms with Crippen LogP contribution in [-0.4, -0.2) is 35.8 Å². The van der Waals surface area contributed by atoms with Crippen molar-refractivity contribution in [1.82, 2.24) is 9.79 Å². The monoisotopic (exact) mass is 257 g/mol. The average molecular weight is 257 g/mol. The van der Waals surface area contributed by atoms with E-state index in [1.54, 1.807) is 24.3 Å². The van der Waals surface area contributed by atoms with Crippen LogP contribution in [0.25, 0.3) is 0 Å². The van der Waals surface area contributed by atoms with Crippen LogP contribution in [0.2, 0.25) is 0 Å². The van der Waals surface area contributed by atoms with Gasteiger partial charge in [0.05, 0.1) is 6.61 Å². The molecule has 17 heavy (non-hydrogen) atoms. The van der Waals surface area contributed by atoms with Gasteiger partial charge < -0.3 is 16.3 Å². The minimum absolute atomic E-state index is 0.184. The first kappa shape index (κ1) is 13.8. The fourth-order valence-corrected chi connectivity index (χ4v) is 1.37. The molecular weight excluding hydrogens is 242 g/mol. The Kier molecular flexibility index (Phi) is 5.78. The Hall–Kier alpha value is -1.28. The van der Waals surface area contributed by atoms with E-state index in [2.05, 4.69) is 5.32 Å². The van der Waals surface area contributed by atoms with Crippen LogP contribution in [-0.2, 0) is 4.18 Å². The third kappa shape index (κ3) is 5.55. The lowest BCUT2D eigenvalue weighted by Gasteiger charge is -2.07. The zero-order valence-electron chi connectivity index (χ0n) is 9.42. The van der Waals surface area contributed by atoms with Gasteiger partial charge in [-0.05, 0) is 24.3 Å². The second kappa shape index (κ2) is 7.13. The van der Waals surface area contributed by atoms with Gasteiger partial charge in [0.25, 0.3) is 5.91 Å². The van der Waals surface area contributed by atoms with Crippen molar-refractivity contribution in [3.05, 3.63) is 29.8 Å². The minimum atomic E-state index is -0.184. The van der Waals surface area contributed by atoms with Crippen molar-refractivity contribution in [3.8, 4) is 0 Å².